The van der Waals surface area contributed by atoms with Gasteiger partial charge in [-0.2, -0.15) is 0 Å². The third-order valence-corrected chi connectivity index (χ3v) is 2.83. The molecule has 0 saturated carbocycles. The second kappa shape index (κ2) is 6.09. The van der Waals surface area contributed by atoms with E-state index in [1.165, 1.54) is 13.2 Å². The fourth-order valence-electron chi connectivity index (χ4n) is 1.82. The Morgan fingerprint density at radius 2 is 1.74 bits per heavy atom. The molecule has 0 atom stereocenters. The molecule has 3 nitrogen and oxygen atoms in total. The normalized spacial score (nSPS) is 10.1. The zero-order valence-corrected chi connectivity index (χ0v) is 10.9. The summed E-state index contributed by atoms with van der Waals surface area (Å²) in [6, 6.07) is 12.5. The van der Waals surface area contributed by atoms with Crippen molar-refractivity contribution in [2.75, 3.05) is 19.5 Å². The van der Waals surface area contributed by atoms with E-state index in [1.807, 2.05) is 24.3 Å². The molecule has 0 heterocycles. The van der Waals surface area contributed by atoms with Crippen molar-refractivity contribution in [3.63, 3.8) is 0 Å². The van der Waals surface area contributed by atoms with E-state index < -0.39 is 0 Å². The maximum absolute atomic E-state index is 13.5. The number of benzene rings is 2. The quantitative estimate of drug-likeness (QED) is 0.894. The number of ether oxygens (including phenoxy) is 2. The summed E-state index contributed by atoms with van der Waals surface area (Å²) in [7, 11) is 3.08. The van der Waals surface area contributed by atoms with E-state index in [1.54, 1.807) is 19.2 Å². The molecule has 0 spiro atoms. The van der Waals surface area contributed by atoms with Gasteiger partial charge in [-0.25, -0.2) is 4.39 Å². The van der Waals surface area contributed by atoms with E-state index in [4.69, 9.17) is 9.47 Å². The molecule has 0 amide bonds. The Hall–Kier alpha value is -2.23. The fourth-order valence-corrected chi connectivity index (χ4v) is 1.82. The van der Waals surface area contributed by atoms with E-state index in [-0.39, 0.29) is 11.6 Å². The van der Waals surface area contributed by atoms with Gasteiger partial charge < -0.3 is 14.8 Å². The topological polar surface area (TPSA) is 30.5 Å². The molecule has 100 valence electrons. The van der Waals surface area contributed by atoms with Crippen LogP contribution in [0.2, 0.25) is 0 Å². The third kappa shape index (κ3) is 3.16. The Morgan fingerprint density at radius 3 is 2.42 bits per heavy atom. The van der Waals surface area contributed by atoms with Gasteiger partial charge in [-0.05, 0) is 18.2 Å². The molecule has 0 aliphatic heterocycles. The van der Waals surface area contributed by atoms with Crippen LogP contribution in [0.3, 0.4) is 0 Å². The summed E-state index contributed by atoms with van der Waals surface area (Å²) in [5.74, 6) is 0.666. The van der Waals surface area contributed by atoms with Gasteiger partial charge in [-0.1, -0.05) is 18.2 Å². The monoisotopic (exact) mass is 261 g/mol. The van der Waals surface area contributed by atoms with Crippen LogP contribution in [0, 0.1) is 5.82 Å². The van der Waals surface area contributed by atoms with Crippen LogP contribution < -0.4 is 14.8 Å². The first-order valence-corrected chi connectivity index (χ1v) is 5.94. The van der Waals surface area contributed by atoms with Crippen molar-refractivity contribution in [3.05, 3.63) is 53.8 Å². The highest BCUT2D eigenvalue weighted by molar-refractivity contribution is 5.48. The van der Waals surface area contributed by atoms with Crippen LogP contribution in [-0.4, -0.2) is 14.2 Å². The zero-order valence-electron chi connectivity index (χ0n) is 10.9. The summed E-state index contributed by atoms with van der Waals surface area (Å²) in [6.45, 7) is 0.565. The lowest BCUT2D eigenvalue weighted by molar-refractivity contribution is 0.386. The van der Waals surface area contributed by atoms with Crippen molar-refractivity contribution >= 4 is 5.69 Å². The van der Waals surface area contributed by atoms with Gasteiger partial charge in [-0.15, -0.1) is 0 Å². The molecule has 0 aliphatic rings. The summed E-state index contributed by atoms with van der Waals surface area (Å²) in [6.07, 6.45) is 0. The Balaban J connectivity index is 2.08. The van der Waals surface area contributed by atoms with Crippen molar-refractivity contribution in [3.8, 4) is 11.5 Å². The van der Waals surface area contributed by atoms with Gasteiger partial charge in [0, 0.05) is 23.9 Å². The van der Waals surface area contributed by atoms with Crippen LogP contribution in [-0.2, 0) is 6.54 Å². The minimum absolute atomic E-state index is 0.239. The van der Waals surface area contributed by atoms with E-state index in [0.717, 1.165) is 11.3 Å². The molecule has 0 aliphatic carbocycles. The SMILES string of the molecule is COc1ccc(NCc2ccccc2OC)cc1F. The largest absolute Gasteiger partial charge is 0.496 e. The molecule has 0 saturated heterocycles. The van der Waals surface area contributed by atoms with Crippen molar-refractivity contribution in [2.24, 2.45) is 0 Å². The maximum Gasteiger partial charge on any atom is 0.167 e. The molecule has 0 radical (unpaired) electrons. The molecule has 2 rings (SSSR count). The summed E-state index contributed by atoms with van der Waals surface area (Å²) in [5, 5.41) is 3.15. The smallest absolute Gasteiger partial charge is 0.167 e. The van der Waals surface area contributed by atoms with Gasteiger partial charge in [0.15, 0.2) is 11.6 Å². The minimum Gasteiger partial charge on any atom is -0.496 e. The zero-order chi connectivity index (χ0) is 13.7. The number of para-hydroxylation sites is 1. The number of anilines is 1. The second-order valence-electron chi connectivity index (χ2n) is 4.01. The first-order valence-electron chi connectivity index (χ1n) is 5.94. The average Bonchev–Trinajstić information content (AvgIpc) is 2.45. The predicted molar refractivity (Wildman–Crippen MR) is 73.3 cm³/mol. The first-order chi connectivity index (χ1) is 9.24. The summed E-state index contributed by atoms with van der Waals surface area (Å²) in [5.41, 5.74) is 1.71. The Kier molecular flexibility index (Phi) is 4.23. The number of nitrogens with one attached hydrogen (secondary N) is 1. The maximum atomic E-state index is 13.5. The lowest BCUT2D eigenvalue weighted by Crippen LogP contribution is -2.02. The molecule has 0 bridgehead atoms. The summed E-state index contributed by atoms with van der Waals surface area (Å²) >= 11 is 0. The van der Waals surface area contributed by atoms with Crippen molar-refractivity contribution in [2.45, 2.75) is 6.54 Å². The van der Waals surface area contributed by atoms with E-state index in [2.05, 4.69) is 5.32 Å². The van der Waals surface area contributed by atoms with Gasteiger partial charge in [0.05, 0.1) is 14.2 Å². The number of hydrogen-bond acceptors (Lipinski definition) is 3. The number of hydrogen-bond donors (Lipinski definition) is 1. The molecule has 0 fully saturated rings. The molecule has 19 heavy (non-hydrogen) atoms. The van der Waals surface area contributed by atoms with E-state index in [9.17, 15) is 4.39 Å². The molecular formula is C15H16FNO2. The standard InChI is InChI=1S/C15H16FNO2/c1-18-14-6-4-3-5-11(14)10-17-12-7-8-15(19-2)13(16)9-12/h3-9,17H,10H2,1-2H3. The van der Waals surface area contributed by atoms with Crippen LogP contribution in [0.15, 0.2) is 42.5 Å². The molecule has 0 aromatic heterocycles. The van der Waals surface area contributed by atoms with Crippen LogP contribution >= 0.6 is 0 Å². The molecule has 0 unspecified atom stereocenters. The highest BCUT2D eigenvalue weighted by Crippen LogP contribution is 2.22. The van der Waals surface area contributed by atoms with Gasteiger partial charge in [0.1, 0.15) is 5.75 Å². The molecular weight excluding hydrogens is 245 g/mol. The predicted octanol–water partition coefficient (Wildman–Crippen LogP) is 3.46. The molecule has 1 N–H and O–H groups in total. The van der Waals surface area contributed by atoms with Crippen molar-refractivity contribution in [1.29, 1.82) is 0 Å². The highest BCUT2D eigenvalue weighted by Gasteiger charge is 2.05. The Morgan fingerprint density at radius 1 is 1.00 bits per heavy atom. The van der Waals surface area contributed by atoms with Crippen LogP contribution in [0.5, 0.6) is 11.5 Å². The average molecular weight is 261 g/mol. The van der Waals surface area contributed by atoms with Crippen LogP contribution in [0.25, 0.3) is 0 Å². The Bertz CT molecular complexity index is 558. The van der Waals surface area contributed by atoms with Gasteiger partial charge in [0.2, 0.25) is 0 Å². The lowest BCUT2D eigenvalue weighted by atomic mass is 10.2. The molecule has 2 aromatic rings. The summed E-state index contributed by atoms with van der Waals surface area (Å²) < 4.78 is 23.7. The number of halogens is 1. The number of rotatable bonds is 5. The van der Waals surface area contributed by atoms with E-state index >= 15 is 0 Å². The van der Waals surface area contributed by atoms with Gasteiger partial charge in [0.25, 0.3) is 0 Å². The highest BCUT2D eigenvalue weighted by atomic mass is 19.1. The minimum atomic E-state index is -0.382. The molecule has 2 aromatic carbocycles. The van der Waals surface area contributed by atoms with Crippen molar-refractivity contribution < 1.29 is 13.9 Å². The molecule has 4 heteroatoms. The van der Waals surface area contributed by atoms with Crippen LogP contribution in [0.1, 0.15) is 5.56 Å². The van der Waals surface area contributed by atoms with E-state index in [0.29, 0.717) is 12.2 Å². The van der Waals surface area contributed by atoms with Gasteiger partial charge in [-0.3, -0.25) is 0 Å². The Labute approximate surface area is 112 Å². The third-order valence-electron chi connectivity index (χ3n) is 2.83. The number of methoxy groups -OCH3 is 2. The lowest BCUT2D eigenvalue weighted by Gasteiger charge is -2.11. The van der Waals surface area contributed by atoms with Crippen LogP contribution in [0.4, 0.5) is 10.1 Å². The van der Waals surface area contributed by atoms with Crippen molar-refractivity contribution in [1.82, 2.24) is 0 Å². The summed E-state index contributed by atoms with van der Waals surface area (Å²) in [4.78, 5) is 0. The fraction of sp³-hybridized carbons (Fsp3) is 0.200. The second-order valence-corrected chi connectivity index (χ2v) is 4.01. The van der Waals surface area contributed by atoms with Gasteiger partial charge >= 0.3 is 0 Å². The first kappa shape index (κ1) is 13.2.